The Bertz CT molecular complexity index is 485. The number of furan rings is 1. The fourth-order valence-electron chi connectivity index (χ4n) is 1.30. The maximum absolute atomic E-state index is 10.9. The van der Waals surface area contributed by atoms with E-state index in [1.54, 1.807) is 12.1 Å². The standard InChI is InChI=1S/C11H7BrO3/c12-8-3-1-7(2-4-8)10-9(11(13)14)5-6-15-10/h1-6H,(H,13,14). The Morgan fingerprint density at radius 2 is 1.87 bits per heavy atom. The second-order valence-electron chi connectivity index (χ2n) is 2.98. The van der Waals surface area contributed by atoms with Crippen molar-refractivity contribution in [3.05, 3.63) is 46.6 Å². The van der Waals surface area contributed by atoms with Crippen molar-refractivity contribution >= 4 is 21.9 Å². The van der Waals surface area contributed by atoms with Crippen LogP contribution in [0.1, 0.15) is 10.4 Å². The molecule has 0 radical (unpaired) electrons. The van der Waals surface area contributed by atoms with Crippen molar-refractivity contribution in [2.75, 3.05) is 0 Å². The van der Waals surface area contributed by atoms with Crippen LogP contribution in [-0.2, 0) is 0 Å². The summed E-state index contributed by atoms with van der Waals surface area (Å²) in [6.45, 7) is 0. The number of aromatic carboxylic acids is 1. The molecule has 2 rings (SSSR count). The molecule has 76 valence electrons. The Kier molecular flexibility index (Phi) is 2.60. The fourth-order valence-corrected chi connectivity index (χ4v) is 1.57. The molecule has 4 heteroatoms. The Hall–Kier alpha value is -1.55. The van der Waals surface area contributed by atoms with Crippen molar-refractivity contribution < 1.29 is 14.3 Å². The number of carboxylic acid groups (broad SMARTS) is 1. The third-order valence-corrected chi connectivity index (χ3v) is 2.53. The molecule has 0 fully saturated rings. The summed E-state index contributed by atoms with van der Waals surface area (Å²) in [5.41, 5.74) is 0.929. The molecular formula is C11H7BrO3. The van der Waals surface area contributed by atoms with E-state index in [2.05, 4.69) is 15.9 Å². The second-order valence-corrected chi connectivity index (χ2v) is 3.89. The van der Waals surface area contributed by atoms with Crippen LogP contribution in [0.15, 0.2) is 45.5 Å². The number of hydrogen-bond acceptors (Lipinski definition) is 2. The first kappa shape index (κ1) is 9.98. The lowest BCUT2D eigenvalue weighted by Gasteiger charge is -1.99. The van der Waals surface area contributed by atoms with Crippen LogP contribution in [0.5, 0.6) is 0 Å². The van der Waals surface area contributed by atoms with Gasteiger partial charge in [-0.15, -0.1) is 0 Å². The predicted molar refractivity (Wildman–Crippen MR) is 58.8 cm³/mol. The lowest BCUT2D eigenvalue weighted by atomic mass is 10.1. The molecule has 0 bridgehead atoms. The number of halogens is 1. The van der Waals surface area contributed by atoms with Crippen LogP contribution < -0.4 is 0 Å². The molecule has 0 unspecified atom stereocenters. The maximum atomic E-state index is 10.9. The van der Waals surface area contributed by atoms with Crippen LogP contribution in [0.2, 0.25) is 0 Å². The number of carboxylic acids is 1. The molecule has 0 aliphatic rings. The van der Waals surface area contributed by atoms with Gasteiger partial charge in [0.1, 0.15) is 11.3 Å². The highest BCUT2D eigenvalue weighted by molar-refractivity contribution is 9.10. The van der Waals surface area contributed by atoms with Crippen molar-refractivity contribution in [3.8, 4) is 11.3 Å². The molecule has 1 aromatic carbocycles. The lowest BCUT2D eigenvalue weighted by molar-refractivity contribution is 0.0697. The first-order valence-corrected chi connectivity index (χ1v) is 5.04. The van der Waals surface area contributed by atoms with Gasteiger partial charge < -0.3 is 9.52 Å². The molecule has 1 heterocycles. The first-order valence-electron chi connectivity index (χ1n) is 4.25. The minimum atomic E-state index is -0.985. The SMILES string of the molecule is O=C(O)c1ccoc1-c1ccc(Br)cc1. The van der Waals surface area contributed by atoms with E-state index in [1.807, 2.05) is 12.1 Å². The Labute approximate surface area is 94.5 Å². The van der Waals surface area contributed by atoms with Crippen molar-refractivity contribution in [2.24, 2.45) is 0 Å². The van der Waals surface area contributed by atoms with E-state index in [1.165, 1.54) is 12.3 Å². The molecule has 0 amide bonds. The van der Waals surface area contributed by atoms with E-state index >= 15 is 0 Å². The van der Waals surface area contributed by atoms with Crippen LogP contribution in [-0.4, -0.2) is 11.1 Å². The molecule has 1 N–H and O–H groups in total. The second kappa shape index (κ2) is 3.90. The zero-order valence-electron chi connectivity index (χ0n) is 7.61. The zero-order chi connectivity index (χ0) is 10.8. The van der Waals surface area contributed by atoms with Gasteiger partial charge in [-0.3, -0.25) is 0 Å². The topological polar surface area (TPSA) is 50.4 Å². The third-order valence-electron chi connectivity index (χ3n) is 2.00. The Morgan fingerprint density at radius 1 is 1.20 bits per heavy atom. The number of carbonyl (C=O) groups is 1. The summed E-state index contributed by atoms with van der Waals surface area (Å²) in [6.07, 6.45) is 1.38. The predicted octanol–water partition coefficient (Wildman–Crippen LogP) is 3.41. The molecule has 0 atom stereocenters. The summed E-state index contributed by atoms with van der Waals surface area (Å²) in [4.78, 5) is 10.9. The Balaban J connectivity index is 2.49. The zero-order valence-corrected chi connectivity index (χ0v) is 9.19. The summed E-state index contributed by atoms with van der Waals surface area (Å²) in [7, 11) is 0. The normalized spacial score (nSPS) is 10.2. The van der Waals surface area contributed by atoms with Gasteiger partial charge in [0.25, 0.3) is 0 Å². The van der Waals surface area contributed by atoms with Crippen molar-refractivity contribution in [1.29, 1.82) is 0 Å². The minimum absolute atomic E-state index is 0.178. The third kappa shape index (κ3) is 1.94. The van der Waals surface area contributed by atoms with E-state index < -0.39 is 5.97 Å². The van der Waals surface area contributed by atoms with Gasteiger partial charge in [0.15, 0.2) is 0 Å². The highest BCUT2D eigenvalue weighted by Gasteiger charge is 2.14. The number of benzene rings is 1. The smallest absolute Gasteiger partial charge is 0.339 e. The molecule has 0 aliphatic heterocycles. The van der Waals surface area contributed by atoms with Crippen molar-refractivity contribution in [3.63, 3.8) is 0 Å². The van der Waals surface area contributed by atoms with Gasteiger partial charge >= 0.3 is 5.97 Å². The lowest BCUT2D eigenvalue weighted by Crippen LogP contribution is -1.95. The van der Waals surface area contributed by atoms with Crippen molar-refractivity contribution in [2.45, 2.75) is 0 Å². The monoisotopic (exact) mass is 266 g/mol. The quantitative estimate of drug-likeness (QED) is 0.907. The van der Waals surface area contributed by atoms with E-state index in [9.17, 15) is 4.79 Å². The fraction of sp³-hybridized carbons (Fsp3) is 0. The van der Waals surface area contributed by atoms with E-state index in [0.717, 1.165) is 10.0 Å². The van der Waals surface area contributed by atoms with Crippen molar-refractivity contribution in [1.82, 2.24) is 0 Å². The van der Waals surface area contributed by atoms with Gasteiger partial charge in [-0.1, -0.05) is 28.1 Å². The van der Waals surface area contributed by atoms with E-state index in [-0.39, 0.29) is 5.56 Å². The minimum Gasteiger partial charge on any atom is -0.478 e. The summed E-state index contributed by atoms with van der Waals surface area (Å²) in [5.74, 6) is -0.600. The van der Waals surface area contributed by atoms with Gasteiger partial charge in [-0.25, -0.2) is 4.79 Å². The van der Waals surface area contributed by atoms with Gasteiger partial charge in [-0.2, -0.15) is 0 Å². The average molecular weight is 267 g/mol. The van der Waals surface area contributed by atoms with Gasteiger partial charge in [0.05, 0.1) is 6.26 Å². The highest BCUT2D eigenvalue weighted by Crippen LogP contribution is 2.26. The van der Waals surface area contributed by atoms with Crippen LogP contribution in [0.4, 0.5) is 0 Å². The summed E-state index contributed by atoms with van der Waals surface area (Å²) in [5, 5.41) is 8.90. The Morgan fingerprint density at radius 3 is 2.47 bits per heavy atom. The first-order chi connectivity index (χ1) is 7.18. The van der Waals surface area contributed by atoms with E-state index in [4.69, 9.17) is 9.52 Å². The summed E-state index contributed by atoms with van der Waals surface area (Å²) in [6, 6.07) is 8.72. The van der Waals surface area contributed by atoms with Crippen LogP contribution >= 0.6 is 15.9 Å². The number of rotatable bonds is 2. The molecule has 0 saturated heterocycles. The van der Waals surface area contributed by atoms with Crippen LogP contribution in [0.25, 0.3) is 11.3 Å². The molecule has 0 spiro atoms. The van der Waals surface area contributed by atoms with Gasteiger partial charge in [0, 0.05) is 10.0 Å². The molecular weight excluding hydrogens is 260 g/mol. The number of hydrogen-bond donors (Lipinski definition) is 1. The summed E-state index contributed by atoms with van der Waals surface area (Å²) < 4.78 is 6.10. The van der Waals surface area contributed by atoms with Crippen LogP contribution in [0, 0.1) is 0 Å². The highest BCUT2D eigenvalue weighted by atomic mass is 79.9. The van der Waals surface area contributed by atoms with Gasteiger partial charge in [0.2, 0.25) is 0 Å². The molecule has 3 nitrogen and oxygen atoms in total. The summed E-state index contributed by atoms with van der Waals surface area (Å²) >= 11 is 3.31. The molecule has 1 aromatic heterocycles. The van der Waals surface area contributed by atoms with Crippen LogP contribution in [0.3, 0.4) is 0 Å². The van der Waals surface area contributed by atoms with E-state index in [0.29, 0.717) is 5.76 Å². The molecule has 0 aliphatic carbocycles. The maximum Gasteiger partial charge on any atom is 0.339 e. The molecule has 0 saturated carbocycles. The average Bonchev–Trinajstić information content (AvgIpc) is 2.67. The molecule has 2 aromatic rings. The largest absolute Gasteiger partial charge is 0.478 e. The molecule has 15 heavy (non-hydrogen) atoms. The van der Waals surface area contributed by atoms with Gasteiger partial charge in [-0.05, 0) is 18.2 Å².